The van der Waals surface area contributed by atoms with E-state index in [9.17, 15) is 0 Å². The minimum Gasteiger partial charge on any atom is -0.512 e. The minimum atomic E-state index is 0. The van der Waals surface area contributed by atoms with Crippen LogP contribution >= 0.6 is 0 Å². The van der Waals surface area contributed by atoms with Gasteiger partial charge in [-0.25, -0.2) is 0 Å². The molecule has 0 aliphatic rings. The molecule has 29 valence electrons. The van der Waals surface area contributed by atoms with Crippen molar-refractivity contribution in [1.82, 2.24) is 0 Å². The standard InChI is InChI=1S/2CN.Ba.Fe.K/c2*1-2;;;/q2*-1;;+2;. The summed E-state index contributed by atoms with van der Waals surface area (Å²) in [5, 5.41) is 12.5. The van der Waals surface area contributed by atoms with E-state index < -0.39 is 0 Å². The van der Waals surface area contributed by atoms with Gasteiger partial charge in [-0.15, -0.1) is 0 Å². The number of rotatable bonds is 0. The zero-order chi connectivity index (χ0) is 4.00. The Morgan fingerprint density at radius 2 is 0.857 bits per heavy atom. The molecule has 0 fully saturated rings. The van der Waals surface area contributed by atoms with Crippen molar-refractivity contribution in [3.8, 4) is 0 Å². The molecule has 0 aliphatic heterocycles. The van der Waals surface area contributed by atoms with Crippen LogP contribution in [-0.2, 0) is 17.1 Å². The quantitative estimate of drug-likeness (QED) is 0.442. The summed E-state index contributed by atoms with van der Waals surface area (Å²) in [7, 11) is 0. The van der Waals surface area contributed by atoms with Gasteiger partial charge >= 0.3 is 17.1 Å². The summed E-state index contributed by atoms with van der Waals surface area (Å²) in [6.45, 7) is 9.50. The Morgan fingerprint density at radius 3 is 0.857 bits per heavy atom. The van der Waals surface area contributed by atoms with Gasteiger partial charge in [-0.3, -0.25) is 0 Å². The molecule has 0 saturated heterocycles. The predicted octanol–water partition coefficient (Wildman–Crippen LogP) is -0.571. The van der Waals surface area contributed by atoms with Crippen molar-refractivity contribution in [2.24, 2.45) is 0 Å². The Kier molecular flexibility index (Phi) is 335. The molecule has 0 aromatic rings. The van der Waals surface area contributed by atoms with Crippen molar-refractivity contribution >= 4 is 100 Å². The monoisotopic (exact) mass is 285 g/mol. The van der Waals surface area contributed by atoms with Crippen molar-refractivity contribution < 1.29 is 17.1 Å². The minimum absolute atomic E-state index is 0. The molecule has 7 heavy (non-hydrogen) atoms. The van der Waals surface area contributed by atoms with Gasteiger partial charge in [0.25, 0.3) is 0 Å². The maximum absolute atomic E-state index is 6.25. The summed E-state index contributed by atoms with van der Waals surface area (Å²) < 4.78 is 0. The molecule has 0 aromatic heterocycles. The summed E-state index contributed by atoms with van der Waals surface area (Å²) in [5.74, 6) is 0. The molecule has 0 spiro atoms. The van der Waals surface area contributed by atoms with Gasteiger partial charge < -0.3 is 23.7 Å². The molecule has 0 atom stereocenters. The van der Waals surface area contributed by atoms with E-state index in [1.807, 2.05) is 0 Å². The average molecular weight is 284 g/mol. The molecule has 0 unspecified atom stereocenters. The van der Waals surface area contributed by atoms with Crippen LogP contribution in [-0.4, -0.2) is 100 Å². The SMILES string of the molecule is [Ba].[C-]#N.[C-]#N.[Fe+2].[K]. The van der Waals surface area contributed by atoms with Gasteiger partial charge in [0.05, 0.1) is 0 Å². The fourth-order valence-electron chi connectivity index (χ4n) is 0. The van der Waals surface area contributed by atoms with Crippen molar-refractivity contribution in [3.05, 3.63) is 13.1 Å². The van der Waals surface area contributed by atoms with Crippen LogP contribution in [0.25, 0.3) is 0 Å². The van der Waals surface area contributed by atoms with Gasteiger partial charge in [-0.2, -0.15) is 0 Å². The van der Waals surface area contributed by atoms with E-state index in [1.54, 1.807) is 0 Å². The van der Waals surface area contributed by atoms with Crippen LogP contribution in [0.1, 0.15) is 0 Å². The van der Waals surface area contributed by atoms with Crippen LogP contribution in [0.15, 0.2) is 0 Å². The van der Waals surface area contributed by atoms with Gasteiger partial charge in [0.2, 0.25) is 0 Å². The van der Waals surface area contributed by atoms with E-state index in [0.717, 1.165) is 0 Å². The van der Waals surface area contributed by atoms with E-state index in [4.69, 9.17) is 23.7 Å². The van der Waals surface area contributed by atoms with E-state index in [2.05, 4.69) is 0 Å². The van der Waals surface area contributed by atoms with E-state index in [0.29, 0.717) is 0 Å². The van der Waals surface area contributed by atoms with Crippen LogP contribution in [0.4, 0.5) is 0 Å². The first-order chi connectivity index (χ1) is 2.00. The first-order valence-electron chi connectivity index (χ1n) is 0.447. The van der Waals surface area contributed by atoms with Gasteiger partial charge in [-0.1, -0.05) is 0 Å². The smallest absolute Gasteiger partial charge is 0.512 e. The third kappa shape index (κ3) is 53.4. The summed E-state index contributed by atoms with van der Waals surface area (Å²) in [6.07, 6.45) is 0. The Balaban J connectivity index is -0.00000000267. The molecular formula is C2BaFeKN2. The normalized spacial score (nSPS) is 0.571. The molecule has 0 aromatic carbocycles. The second kappa shape index (κ2) is 70.6. The molecule has 0 aliphatic carbocycles. The van der Waals surface area contributed by atoms with Crippen molar-refractivity contribution in [2.45, 2.75) is 0 Å². The third-order valence-electron chi connectivity index (χ3n) is 0. The summed E-state index contributed by atoms with van der Waals surface area (Å²) >= 11 is 0. The fraction of sp³-hybridized carbons (Fsp3) is 0. The third-order valence-corrected chi connectivity index (χ3v) is 0. The largest absolute Gasteiger partial charge is 2.00 e. The molecular weight excluding hydrogens is 284 g/mol. The van der Waals surface area contributed by atoms with E-state index in [1.165, 1.54) is 0 Å². The molecule has 0 amide bonds. The Morgan fingerprint density at radius 1 is 0.857 bits per heavy atom. The van der Waals surface area contributed by atoms with Gasteiger partial charge in [0.1, 0.15) is 0 Å². The zero-order valence-corrected chi connectivity index (χ0v) is 12.6. The molecule has 3 radical (unpaired) electrons. The zero-order valence-electron chi connectivity index (χ0n) is 3.96. The summed E-state index contributed by atoms with van der Waals surface area (Å²) in [6, 6.07) is 0. The van der Waals surface area contributed by atoms with E-state index >= 15 is 0 Å². The molecule has 0 heterocycles. The average Bonchev–Trinajstić information content (AvgIpc) is 1.50. The summed E-state index contributed by atoms with van der Waals surface area (Å²) in [5.41, 5.74) is 0. The van der Waals surface area contributed by atoms with E-state index in [-0.39, 0.29) is 117 Å². The van der Waals surface area contributed by atoms with Gasteiger partial charge in [-0.05, 0) is 0 Å². The first kappa shape index (κ1) is 33.2. The Bertz CT molecular complexity index is 31.2. The second-order valence-electron chi connectivity index (χ2n) is 0. The first-order valence-corrected chi connectivity index (χ1v) is 0.447. The van der Waals surface area contributed by atoms with Crippen LogP contribution in [0, 0.1) is 23.7 Å². The van der Waals surface area contributed by atoms with Gasteiger partial charge in [0, 0.05) is 100 Å². The number of hydrogen-bond acceptors (Lipinski definition) is 2. The number of nitrogens with zero attached hydrogens (tertiary/aromatic N) is 2. The maximum atomic E-state index is 6.25. The summed E-state index contributed by atoms with van der Waals surface area (Å²) in [4.78, 5) is 0. The van der Waals surface area contributed by atoms with Crippen LogP contribution in [0.5, 0.6) is 0 Å². The molecule has 0 saturated carbocycles. The van der Waals surface area contributed by atoms with Crippen molar-refractivity contribution in [2.75, 3.05) is 0 Å². The Hall–Kier alpha value is 2.71. The molecule has 5 heteroatoms. The molecule has 0 N–H and O–H groups in total. The predicted molar refractivity (Wildman–Crippen MR) is 21.4 cm³/mol. The van der Waals surface area contributed by atoms with Gasteiger partial charge in [0.15, 0.2) is 0 Å². The fourth-order valence-corrected chi connectivity index (χ4v) is 0. The number of hydrogen-bond donors (Lipinski definition) is 0. The topological polar surface area (TPSA) is 47.6 Å². The molecule has 0 bridgehead atoms. The maximum Gasteiger partial charge on any atom is 2.00 e. The van der Waals surface area contributed by atoms with Crippen molar-refractivity contribution in [3.63, 3.8) is 0 Å². The second-order valence-corrected chi connectivity index (χ2v) is 0. The Labute approximate surface area is 137 Å². The molecule has 2 nitrogen and oxygen atoms in total. The molecule has 0 rings (SSSR count). The van der Waals surface area contributed by atoms with Crippen LogP contribution in [0.3, 0.4) is 0 Å². The van der Waals surface area contributed by atoms with Crippen LogP contribution in [0.2, 0.25) is 0 Å². The van der Waals surface area contributed by atoms with Crippen molar-refractivity contribution in [1.29, 1.82) is 10.5 Å². The van der Waals surface area contributed by atoms with Crippen LogP contribution < -0.4 is 0 Å².